The van der Waals surface area contributed by atoms with Crippen LogP contribution in [-0.4, -0.2) is 28.4 Å². The first-order chi connectivity index (χ1) is 9.97. The van der Waals surface area contributed by atoms with Gasteiger partial charge in [0.15, 0.2) is 0 Å². The number of aromatic carboxylic acids is 1. The van der Waals surface area contributed by atoms with E-state index < -0.39 is 5.97 Å². The van der Waals surface area contributed by atoms with E-state index >= 15 is 0 Å². The summed E-state index contributed by atoms with van der Waals surface area (Å²) in [5.74, 6) is 1.00. The molecule has 2 aliphatic rings. The number of aryl methyl sites for hydroxylation is 1. The van der Waals surface area contributed by atoms with E-state index in [1.165, 1.54) is 24.2 Å². The summed E-state index contributed by atoms with van der Waals surface area (Å²) in [7, 11) is 1.66. The molecule has 5 nitrogen and oxygen atoms in total. The molecule has 1 N–H and O–H groups in total. The average molecular weight is 308 g/mol. The highest BCUT2D eigenvalue weighted by Gasteiger charge is 2.40. The predicted molar refractivity (Wildman–Crippen MR) is 80.8 cm³/mol. The maximum absolute atomic E-state index is 12.5. The SMILES string of the molecule is Cc1nsc(N(C)C(=O)CC2CC3CCC2C3)c1C(=O)O. The van der Waals surface area contributed by atoms with Gasteiger partial charge in [0, 0.05) is 13.5 Å². The lowest BCUT2D eigenvalue weighted by Crippen LogP contribution is -2.30. The number of anilines is 1. The second-order valence-electron chi connectivity index (χ2n) is 6.35. The predicted octanol–water partition coefficient (Wildman–Crippen LogP) is 2.94. The Bertz CT molecular complexity index is 583. The Hall–Kier alpha value is -1.43. The molecule has 1 heterocycles. The number of carboxylic acid groups (broad SMARTS) is 1. The molecule has 3 atom stereocenters. The van der Waals surface area contributed by atoms with Gasteiger partial charge in [0.1, 0.15) is 10.6 Å². The molecule has 1 aromatic rings. The summed E-state index contributed by atoms with van der Waals surface area (Å²) in [6.07, 6.45) is 5.56. The van der Waals surface area contributed by atoms with Crippen LogP contribution in [0.4, 0.5) is 5.00 Å². The van der Waals surface area contributed by atoms with Gasteiger partial charge in [0.25, 0.3) is 0 Å². The largest absolute Gasteiger partial charge is 0.478 e. The van der Waals surface area contributed by atoms with Crippen LogP contribution in [0.25, 0.3) is 0 Å². The molecule has 6 heteroatoms. The van der Waals surface area contributed by atoms with Gasteiger partial charge < -0.3 is 10.0 Å². The van der Waals surface area contributed by atoms with Crippen LogP contribution in [0, 0.1) is 24.7 Å². The Morgan fingerprint density at radius 3 is 2.71 bits per heavy atom. The molecule has 3 rings (SSSR count). The minimum Gasteiger partial charge on any atom is -0.478 e. The Kier molecular flexibility index (Phi) is 3.73. The van der Waals surface area contributed by atoms with Crippen molar-refractivity contribution in [1.29, 1.82) is 0 Å². The van der Waals surface area contributed by atoms with Crippen LogP contribution in [0.1, 0.15) is 48.2 Å². The van der Waals surface area contributed by atoms with Crippen molar-refractivity contribution in [2.45, 2.75) is 39.0 Å². The number of carboxylic acids is 1. The molecule has 1 aromatic heterocycles. The van der Waals surface area contributed by atoms with E-state index in [0.29, 0.717) is 29.0 Å². The number of aromatic nitrogens is 1. The first-order valence-electron chi connectivity index (χ1n) is 7.43. The maximum atomic E-state index is 12.5. The number of rotatable bonds is 4. The monoisotopic (exact) mass is 308 g/mol. The summed E-state index contributed by atoms with van der Waals surface area (Å²) in [5.41, 5.74) is 0.630. The summed E-state index contributed by atoms with van der Waals surface area (Å²) in [6.45, 7) is 1.66. The molecule has 1 amide bonds. The number of carbonyl (C=O) groups excluding carboxylic acids is 1. The molecular formula is C15H20N2O3S. The standard InChI is InChI=1S/C15H20N2O3S/c1-8-13(15(19)20)14(21-16-8)17(2)12(18)7-11-6-9-3-4-10(11)5-9/h9-11H,3-7H2,1-2H3,(H,19,20). The van der Waals surface area contributed by atoms with Gasteiger partial charge in [-0.2, -0.15) is 4.37 Å². The van der Waals surface area contributed by atoms with Gasteiger partial charge >= 0.3 is 5.97 Å². The van der Waals surface area contributed by atoms with Crippen molar-refractivity contribution in [3.05, 3.63) is 11.3 Å². The quantitative estimate of drug-likeness (QED) is 0.928. The fraction of sp³-hybridized carbons (Fsp3) is 0.667. The van der Waals surface area contributed by atoms with Gasteiger partial charge in [-0.15, -0.1) is 0 Å². The minimum atomic E-state index is -1.02. The van der Waals surface area contributed by atoms with Crippen LogP contribution in [0.3, 0.4) is 0 Å². The smallest absolute Gasteiger partial charge is 0.340 e. The first kappa shape index (κ1) is 14.5. The minimum absolute atomic E-state index is 0.0127. The van der Waals surface area contributed by atoms with E-state index in [4.69, 9.17) is 0 Å². The molecule has 2 aliphatic carbocycles. The molecule has 0 aliphatic heterocycles. The highest BCUT2D eigenvalue weighted by Crippen LogP contribution is 2.49. The molecule has 2 bridgehead atoms. The highest BCUT2D eigenvalue weighted by atomic mass is 32.1. The lowest BCUT2D eigenvalue weighted by molar-refractivity contribution is -0.119. The van der Waals surface area contributed by atoms with Gasteiger partial charge in [-0.25, -0.2) is 4.79 Å². The molecule has 21 heavy (non-hydrogen) atoms. The highest BCUT2D eigenvalue weighted by molar-refractivity contribution is 7.11. The zero-order chi connectivity index (χ0) is 15.1. The number of nitrogens with zero attached hydrogens (tertiary/aromatic N) is 2. The zero-order valence-electron chi connectivity index (χ0n) is 12.3. The van der Waals surface area contributed by atoms with Gasteiger partial charge in [0.2, 0.25) is 5.91 Å². The van der Waals surface area contributed by atoms with Crippen molar-refractivity contribution >= 4 is 28.4 Å². The van der Waals surface area contributed by atoms with E-state index in [9.17, 15) is 14.7 Å². The van der Waals surface area contributed by atoms with Crippen molar-refractivity contribution < 1.29 is 14.7 Å². The van der Waals surface area contributed by atoms with Crippen molar-refractivity contribution in [3.8, 4) is 0 Å². The Balaban J connectivity index is 1.71. The maximum Gasteiger partial charge on any atom is 0.340 e. The number of amides is 1. The molecule has 0 radical (unpaired) electrons. The lowest BCUT2D eigenvalue weighted by atomic mass is 9.86. The van der Waals surface area contributed by atoms with Crippen LogP contribution in [-0.2, 0) is 4.79 Å². The molecular weight excluding hydrogens is 288 g/mol. The zero-order valence-corrected chi connectivity index (χ0v) is 13.2. The van der Waals surface area contributed by atoms with E-state index in [1.807, 2.05) is 0 Å². The van der Waals surface area contributed by atoms with Gasteiger partial charge in [-0.3, -0.25) is 4.79 Å². The number of hydrogen-bond acceptors (Lipinski definition) is 4. The topological polar surface area (TPSA) is 70.5 Å². The Labute approximate surface area is 128 Å². The van der Waals surface area contributed by atoms with E-state index in [0.717, 1.165) is 23.9 Å². The van der Waals surface area contributed by atoms with E-state index in [2.05, 4.69) is 4.37 Å². The summed E-state index contributed by atoms with van der Waals surface area (Å²) in [5, 5.41) is 9.72. The third kappa shape index (κ3) is 2.57. The fourth-order valence-electron chi connectivity index (χ4n) is 3.93. The molecule has 2 saturated carbocycles. The normalized spacial score (nSPS) is 27.0. The average Bonchev–Trinajstić information content (AvgIpc) is 3.12. The lowest BCUT2D eigenvalue weighted by Gasteiger charge is -2.23. The molecule has 0 aromatic carbocycles. The van der Waals surface area contributed by atoms with Crippen LogP contribution >= 0.6 is 11.5 Å². The number of hydrogen-bond donors (Lipinski definition) is 1. The third-order valence-electron chi connectivity index (χ3n) is 5.06. The van der Waals surface area contributed by atoms with Crippen LogP contribution < -0.4 is 4.90 Å². The molecule has 3 unspecified atom stereocenters. The second-order valence-corrected chi connectivity index (χ2v) is 7.10. The Morgan fingerprint density at radius 1 is 1.38 bits per heavy atom. The fourth-order valence-corrected chi connectivity index (χ4v) is 4.80. The number of carbonyl (C=O) groups is 2. The Morgan fingerprint density at radius 2 is 2.14 bits per heavy atom. The summed E-state index contributed by atoms with van der Waals surface area (Å²) in [4.78, 5) is 25.3. The van der Waals surface area contributed by atoms with Gasteiger partial charge in [-0.1, -0.05) is 6.42 Å². The van der Waals surface area contributed by atoms with Crippen molar-refractivity contribution in [2.75, 3.05) is 11.9 Å². The van der Waals surface area contributed by atoms with Gasteiger partial charge in [-0.05, 0) is 55.5 Å². The second kappa shape index (κ2) is 5.40. The molecule has 114 valence electrons. The number of fused-ring (bicyclic) bond motifs is 2. The van der Waals surface area contributed by atoms with Gasteiger partial charge in [0.05, 0.1) is 5.69 Å². The van der Waals surface area contributed by atoms with E-state index in [-0.39, 0.29) is 11.5 Å². The van der Waals surface area contributed by atoms with Crippen molar-refractivity contribution in [3.63, 3.8) is 0 Å². The van der Waals surface area contributed by atoms with Crippen molar-refractivity contribution in [1.82, 2.24) is 4.37 Å². The molecule has 2 fully saturated rings. The van der Waals surface area contributed by atoms with Crippen LogP contribution in [0.15, 0.2) is 0 Å². The first-order valence-corrected chi connectivity index (χ1v) is 8.20. The van der Waals surface area contributed by atoms with Crippen molar-refractivity contribution in [2.24, 2.45) is 17.8 Å². The molecule has 0 saturated heterocycles. The summed E-state index contributed by atoms with van der Waals surface area (Å²) < 4.78 is 4.08. The van der Waals surface area contributed by atoms with Crippen LogP contribution in [0.5, 0.6) is 0 Å². The summed E-state index contributed by atoms with van der Waals surface area (Å²) >= 11 is 1.09. The summed E-state index contributed by atoms with van der Waals surface area (Å²) in [6, 6.07) is 0. The van der Waals surface area contributed by atoms with E-state index in [1.54, 1.807) is 14.0 Å². The van der Waals surface area contributed by atoms with Crippen LogP contribution in [0.2, 0.25) is 0 Å². The molecule has 0 spiro atoms. The third-order valence-corrected chi connectivity index (χ3v) is 6.07.